The lowest BCUT2D eigenvalue weighted by atomic mass is 9.88. The zero-order chi connectivity index (χ0) is 22.4. The SMILES string of the molecule is N[C@@]1(C(CCCCN2CCCCC2)C(=O)O)CC(=O)N(CC(=O)O)c2ccccc2O1. The highest BCUT2D eigenvalue weighted by Crippen LogP contribution is 2.38. The lowest BCUT2D eigenvalue weighted by molar-refractivity contribution is -0.152. The van der Waals surface area contributed by atoms with Gasteiger partial charge in [-0.15, -0.1) is 0 Å². The number of benzene rings is 1. The zero-order valence-corrected chi connectivity index (χ0v) is 17.7. The molecule has 1 unspecified atom stereocenters. The van der Waals surface area contributed by atoms with Crippen LogP contribution >= 0.6 is 0 Å². The number of piperidine rings is 1. The molecule has 2 atom stereocenters. The average molecular weight is 434 g/mol. The average Bonchev–Trinajstić information content (AvgIpc) is 2.82. The third-order valence-electron chi connectivity index (χ3n) is 6.03. The molecule has 1 amide bonds. The van der Waals surface area contributed by atoms with Crippen molar-refractivity contribution in [2.45, 2.75) is 50.7 Å². The van der Waals surface area contributed by atoms with E-state index in [1.165, 1.54) is 19.3 Å². The molecule has 1 aromatic carbocycles. The predicted octanol–water partition coefficient (Wildman–Crippen LogP) is 1.90. The van der Waals surface area contributed by atoms with Crippen molar-refractivity contribution in [3.8, 4) is 5.75 Å². The molecule has 9 heteroatoms. The molecule has 170 valence electrons. The van der Waals surface area contributed by atoms with Crippen LogP contribution in [-0.4, -0.2) is 64.9 Å². The largest absolute Gasteiger partial charge is 0.481 e. The van der Waals surface area contributed by atoms with E-state index in [0.29, 0.717) is 6.42 Å². The molecule has 2 aliphatic rings. The van der Waals surface area contributed by atoms with Gasteiger partial charge < -0.3 is 19.8 Å². The monoisotopic (exact) mass is 433 g/mol. The number of nitrogens with two attached hydrogens (primary N) is 1. The van der Waals surface area contributed by atoms with Crippen molar-refractivity contribution in [2.24, 2.45) is 11.7 Å². The van der Waals surface area contributed by atoms with E-state index in [2.05, 4.69) is 4.90 Å². The zero-order valence-electron chi connectivity index (χ0n) is 17.7. The summed E-state index contributed by atoms with van der Waals surface area (Å²) in [4.78, 5) is 39.8. The molecule has 0 aliphatic carbocycles. The highest BCUT2D eigenvalue weighted by Gasteiger charge is 2.47. The number of carbonyl (C=O) groups is 3. The minimum Gasteiger partial charge on any atom is -0.481 e. The predicted molar refractivity (Wildman–Crippen MR) is 114 cm³/mol. The highest BCUT2D eigenvalue weighted by atomic mass is 16.5. The Morgan fingerprint density at radius 1 is 1.13 bits per heavy atom. The molecule has 1 fully saturated rings. The summed E-state index contributed by atoms with van der Waals surface area (Å²) >= 11 is 0. The molecule has 1 saturated heterocycles. The summed E-state index contributed by atoms with van der Waals surface area (Å²) in [6.07, 6.45) is 5.00. The Bertz CT molecular complexity index is 810. The molecule has 0 saturated carbocycles. The third kappa shape index (κ3) is 5.74. The number of amides is 1. The summed E-state index contributed by atoms with van der Waals surface area (Å²) in [5.74, 6) is -3.78. The van der Waals surface area contributed by atoms with Gasteiger partial charge in [-0.1, -0.05) is 25.0 Å². The van der Waals surface area contributed by atoms with E-state index in [1.807, 2.05) is 0 Å². The van der Waals surface area contributed by atoms with Crippen LogP contribution in [0.2, 0.25) is 0 Å². The van der Waals surface area contributed by atoms with Crippen molar-refractivity contribution < 1.29 is 29.3 Å². The Labute approximate surface area is 181 Å². The number of unbranched alkanes of at least 4 members (excludes halogenated alkanes) is 1. The summed E-state index contributed by atoms with van der Waals surface area (Å²) in [5, 5.41) is 19.1. The van der Waals surface area contributed by atoms with E-state index >= 15 is 0 Å². The minimum atomic E-state index is -1.77. The van der Waals surface area contributed by atoms with Gasteiger partial charge in [-0.2, -0.15) is 0 Å². The van der Waals surface area contributed by atoms with Crippen LogP contribution in [0.15, 0.2) is 24.3 Å². The van der Waals surface area contributed by atoms with Crippen molar-refractivity contribution in [2.75, 3.05) is 31.1 Å². The molecule has 0 bridgehead atoms. The summed E-state index contributed by atoms with van der Waals surface area (Å²) in [6.45, 7) is 2.52. The number of aliphatic carboxylic acids is 2. The number of likely N-dealkylation sites (tertiary alicyclic amines) is 1. The van der Waals surface area contributed by atoms with Crippen molar-refractivity contribution in [3.63, 3.8) is 0 Å². The van der Waals surface area contributed by atoms with Crippen molar-refractivity contribution >= 4 is 23.5 Å². The Hall–Kier alpha value is -2.65. The first-order valence-corrected chi connectivity index (χ1v) is 10.8. The first-order chi connectivity index (χ1) is 14.8. The van der Waals surface area contributed by atoms with Crippen LogP contribution in [0.3, 0.4) is 0 Å². The van der Waals surface area contributed by atoms with Gasteiger partial charge >= 0.3 is 11.9 Å². The maximum atomic E-state index is 12.9. The van der Waals surface area contributed by atoms with E-state index in [-0.39, 0.29) is 17.9 Å². The second kappa shape index (κ2) is 10.1. The van der Waals surface area contributed by atoms with Gasteiger partial charge in [-0.25, -0.2) is 0 Å². The Balaban J connectivity index is 1.73. The fourth-order valence-electron chi connectivity index (χ4n) is 4.42. The van der Waals surface area contributed by atoms with Gasteiger partial charge in [0.05, 0.1) is 12.1 Å². The first-order valence-electron chi connectivity index (χ1n) is 10.8. The maximum Gasteiger partial charge on any atom is 0.323 e. The van der Waals surface area contributed by atoms with Gasteiger partial charge in [0.1, 0.15) is 18.2 Å². The fraction of sp³-hybridized carbons (Fsp3) is 0.591. The maximum absolute atomic E-state index is 12.9. The molecular formula is C22H31N3O6. The minimum absolute atomic E-state index is 0.205. The van der Waals surface area contributed by atoms with Gasteiger partial charge in [-0.3, -0.25) is 25.0 Å². The van der Waals surface area contributed by atoms with Crippen molar-refractivity contribution in [1.82, 2.24) is 4.90 Å². The molecule has 3 rings (SSSR count). The number of fused-ring (bicyclic) bond motifs is 1. The molecule has 0 spiro atoms. The molecule has 9 nitrogen and oxygen atoms in total. The topological polar surface area (TPSA) is 133 Å². The number of nitrogens with zero attached hydrogens (tertiary/aromatic N) is 2. The number of hydrogen-bond acceptors (Lipinski definition) is 6. The van der Waals surface area contributed by atoms with E-state index in [4.69, 9.17) is 10.5 Å². The summed E-state index contributed by atoms with van der Waals surface area (Å²) in [7, 11) is 0. The van der Waals surface area contributed by atoms with Crippen LogP contribution in [0.5, 0.6) is 5.75 Å². The van der Waals surface area contributed by atoms with Crippen molar-refractivity contribution in [3.05, 3.63) is 24.3 Å². The quantitative estimate of drug-likeness (QED) is 0.503. The summed E-state index contributed by atoms with van der Waals surface area (Å²) in [5.41, 5.74) is 4.93. The molecule has 4 N–H and O–H groups in total. The Kier molecular flexibility index (Phi) is 7.50. The second-order valence-electron chi connectivity index (χ2n) is 8.36. The number of anilines is 1. The fourth-order valence-corrected chi connectivity index (χ4v) is 4.42. The lowest BCUT2D eigenvalue weighted by Crippen LogP contribution is -2.57. The molecule has 0 radical (unpaired) electrons. The molecular weight excluding hydrogens is 402 g/mol. The summed E-state index contributed by atoms with van der Waals surface area (Å²) in [6, 6.07) is 6.46. The molecule has 0 aromatic heterocycles. The van der Waals surface area contributed by atoms with Crippen LogP contribution < -0.4 is 15.4 Å². The van der Waals surface area contributed by atoms with E-state index in [9.17, 15) is 24.6 Å². The van der Waals surface area contributed by atoms with Gasteiger partial charge in [0.15, 0.2) is 5.72 Å². The number of hydrogen-bond donors (Lipinski definition) is 3. The van der Waals surface area contributed by atoms with Crippen LogP contribution in [0.1, 0.15) is 44.9 Å². The molecule has 2 aliphatic heterocycles. The molecule has 2 heterocycles. The van der Waals surface area contributed by atoms with Gasteiger partial charge in [0.25, 0.3) is 0 Å². The van der Waals surface area contributed by atoms with Crippen LogP contribution in [0, 0.1) is 5.92 Å². The van der Waals surface area contributed by atoms with Crippen LogP contribution in [-0.2, 0) is 14.4 Å². The standard InChI is InChI=1S/C22H31N3O6/c23-22(16(21(29)30)8-4-7-13-24-11-5-1-6-12-24)14-19(26)25(15-20(27)28)17-9-2-3-10-18(17)31-22/h2-3,9-10,16H,1,4-8,11-15,23H2,(H,27,28)(H,29,30)/t16?,22-/m0/s1. The van der Waals surface area contributed by atoms with Gasteiger partial charge in [0.2, 0.25) is 5.91 Å². The van der Waals surface area contributed by atoms with Crippen LogP contribution in [0.25, 0.3) is 0 Å². The van der Waals surface area contributed by atoms with Crippen LogP contribution in [0.4, 0.5) is 5.69 Å². The third-order valence-corrected chi connectivity index (χ3v) is 6.03. The highest BCUT2D eigenvalue weighted by molar-refractivity contribution is 6.00. The smallest absolute Gasteiger partial charge is 0.323 e. The molecule has 31 heavy (non-hydrogen) atoms. The molecule has 1 aromatic rings. The van der Waals surface area contributed by atoms with E-state index < -0.39 is 42.5 Å². The number of carboxylic acids is 2. The number of rotatable bonds is 9. The Morgan fingerprint density at radius 3 is 2.52 bits per heavy atom. The van der Waals surface area contributed by atoms with Gasteiger partial charge in [0, 0.05) is 0 Å². The van der Waals surface area contributed by atoms with Crippen molar-refractivity contribution in [1.29, 1.82) is 0 Å². The number of para-hydroxylation sites is 2. The number of carbonyl (C=O) groups excluding carboxylic acids is 1. The van der Waals surface area contributed by atoms with E-state index in [1.54, 1.807) is 24.3 Å². The van der Waals surface area contributed by atoms with E-state index in [0.717, 1.165) is 31.0 Å². The number of ether oxygens (including phenoxy) is 1. The second-order valence-corrected chi connectivity index (χ2v) is 8.36. The Morgan fingerprint density at radius 2 is 1.84 bits per heavy atom. The number of carboxylic acid groups (broad SMARTS) is 2. The lowest BCUT2D eigenvalue weighted by Gasteiger charge is -2.34. The normalized spacial score (nSPS) is 22.9. The first kappa shape index (κ1) is 23.0. The van der Waals surface area contributed by atoms with Gasteiger partial charge in [-0.05, 0) is 57.5 Å². The summed E-state index contributed by atoms with van der Waals surface area (Å²) < 4.78 is 5.93.